The summed E-state index contributed by atoms with van der Waals surface area (Å²) in [6, 6.07) is 37.9. The largest absolute Gasteiger partial charge is 0.449 e. The molecule has 0 aliphatic rings. The molecule has 0 heterocycles. The predicted molar refractivity (Wildman–Crippen MR) is 131 cm³/mol. The van der Waals surface area contributed by atoms with Crippen LogP contribution in [0.3, 0.4) is 0 Å². The highest BCUT2D eigenvalue weighted by atomic mass is 16.5. The number of carbonyl (C=O) groups is 2. The fraction of sp³-hybridized carbons (Fsp3) is 0.0667. The van der Waals surface area contributed by atoms with Crippen molar-refractivity contribution >= 4 is 11.9 Å². The molecule has 0 spiro atoms. The van der Waals surface area contributed by atoms with Crippen LogP contribution in [-0.2, 0) is 19.1 Å². The summed E-state index contributed by atoms with van der Waals surface area (Å²) in [4.78, 5) is 25.2. The van der Waals surface area contributed by atoms with Gasteiger partial charge in [0.2, 0.25) is 0 Å². The maximum Gasteiger partial charge on any atom is 0.331 e. The van der Waals surface area contributed by atoms with E-state index < -0.39 is 24.1 Å². The van der Waals surface area contributed by atoms with E-state index in [-0.39, 0.29) is 0 Å². The summed E-state index contributed by atoms with van der Waals surface area (Å²) >= 11 is 0. The molecule has 0 atom stereocenters. The Hall–Kier alpha value is -4.44. The van der Waals surface area contributed by atoms with E-state index in [2.05, 4.69) is 0 Å². The zero-order valence-electron chi connectivity index (χ0n) is 18.5. The van der Waals surface area contributed by atoms with Crippen molar-refractivity contribution in [1.29, 1.82) is 0 Å². The van der Waals surface area contributed by atoms with Crippen molar-refractivity contribution in [3.05, 3.63) is 156 Å². The highest BCUT2D eigenvalue weighted by Gasteiger charge is 2.20. The Kier molecular flexibility index (Phi) is 7.65. The first-order chi connectivity index (χ1) is 16.7. The third-order valence-corrected chi connectivity index (χ3v) is 5.23. The van der Waals surface area contributed by atoms with Crippen molar-refractivity contribution < 1.29 is 19.1 Å². The van der Waals surface area contributed by atoms with Crippen molar-refractivity contribution in [2.75, 3.05) is 0 Å². The smallest absolute Gasteiger partial charge is 0.331 e. The first-order valence-corrected chi connectivity index (χ1v) is 11.0. The number of esters is 2. The van der Waals surface area contributed by atoms with Gasteiger partial charge in [0.25, 0.3) is 0 Å². The van der Waals surface area contributed by atoms with Crippen LogP contribution in [0.4, 0.5) is 0 Å². The van der Waals surface area contributed by atoms with Crippen molar-refractivity contribution in [3.8, 4) is 0 Å². The van der Waals surface area contributed by atoms with E-state index in [0.717, 1.165) is 34.4 Å². The molecule has 0 N–H and O–H groups in total. The zero-order valence-corrected chi connectivity index (χ0v) is 18.5. The van der Waals surface area contributed by atoms with Gasteiger partial charge in [0.1, 0.15) is 0 Å². The average molecular weight is 449 g/mol. The Morgan fingerprint density at radius 2 is 0.676 bits per heavy atom. The quantitative estimate of drug-likeness (QED) is 0.238. The number of hydrogen-bond acceptors (Lipinski definition) is 4. The Labute approximate surface area is 199 Å². The zero-order chi connectivity index (χ0) is 23.6. The van der Waals surface area contributed by atoms with Crippen LogP contribution in [0.2, 0.25) is 0 Å². The lowest BCUT2D eigenvalue weighted by molar-refractivity contribution is -0.144. The van der Waals surface area contributed by atoms with Gasteiger partial charge in [-0.25, -0.2) is 9.59 Å². The van der Waals surface area contributed by atoms with Crippen LogP contribution in [0.5, 0.6) is 0 Å². The van der Waals surface area contributed by atoms with Crippen molar-refractivity contribution in [1.82, 2.24) is 0 Å². The molecule has 4 aromatic rings. The van der Waals surface area contributed by atoms with E-state index in [9.17, 15) is 9.59 Å². The summed E-state index contributed by atoms with van der Waals surface area (Å²) in [7, 11) is 0. The van der Waals surface area contributed by atoms with Gasteiger partial charge in [-0.05, 0) is 22.3 Å². The monoisotopic (exact) mass is 448 g/mol. The normalized spacial score (nSPS) is 11.0. The van der Waals surface area contributed by atoms with Crippen LogP contribution in [0.1, 0.15) is 34.5 Å². The third kappa shape index (κ3) is 6.08. The minimum Gasteiger partial charge on any atom is -0.449 e. The molecule has 0 radical (unpaired) electrons. The van der Waals surface area contributed by atoms with E-state index in [4.69, 9.17) is 9.47 Å². The van der Waals surface area contributed by atoms with Gasteiger partial charge in [-0.3, -0.25) is 0 Å². The third-order valence-electron chi connectivity index (χ3n) is 5.23. The molecule has 34 heavy (non-hydrogen) atoms. The SMILES string of the molecule is O=C(C=CC(=O)OC(c1ccccc1)c1ccccc1)OC(c1ccccc1)c1ccccc1. The van der Waals surface area contributed by atoms with Gasteiger partial charge in [0.05, 0.1) is 0 Å². The molecule has 0 saturated carbocycles. The molecule has 0 bridgehead atoms. The molecule has 4 nitrogen and oxygen atoms in total. The lowest BCUT2D eigenvalue weighted by Crippen LogP contribution is -2.13. The highest BCUT2D eigenvalue weighted by molar-refractivity contribution is 5.92. The Bertz CT molecular complexity index is 1040. The number of ether oxygens (including phenoxy) is 2. The van der Waals surface area contributed by atoms with E-state index in [1.54, 1.807) is 0 Å². The number of rotatable bonds is 8. The number of hydrogen-bond donors (Lipinski definition) is 0. The van der Waals surface area contributed by atoms with Gasteiger partial charge in [-0.15, -0.1) is 0 Å². The molecule has 0 amide bonds. The molecule has 0 aliphatic carbocycles. The summed E-state index contributed by atoms with van der Waals surface area (Å²) in [5.41, 5.74) is 3.36. The van der Waals surface area contributed by atoms with Gasteiger partial charge in [-0.1, -0.05) is 121 Å². The minimum atomic E-state index is -0.634. The van der Waals surface area contributed by atoms with Crippen LogP contribution < -0.4 is 0 Å². The Morgan fingerprint density at radius 3 is 0.912 bits per heavy atom. The standard InChI is InChI=1S/C30H24O4/c31-27(33-29(23-13-5-1-6-14-23)24-15-7-2-8-16-24)21-22-28(32)34-30(25-17-9-3-10-18-25)26-19-11-4-12-20-26/h1-22,29-30H. The van der Waals surface area contributed by atoms with Crippen molar-refractivity contribution in [3.63, 3.8) is 0 Å². The number of benzene rings is 4. The van der Waals surface area contributed by atoms with E-state index in [1.165, 1.54) is 0 Å². The van der Waals surface area contributed by atoms with Crippen LogP contribution >= 0.6 is 0 Å². The van der Waals surface area contributed by atoms with Crippen LogP contribution in [0.15, 0.2) is 133 Å². The second-order valence-corrected chi connectivity index (χ2v) is 7.61. The molecule has 168 valence electrons. The molecule has 0 aromatic heterocycles. The minimum absolute atomic E-state index is 0.586. The summed E-state index contributed by atoms with van der Waals surface area (Å²) in [6.07, 6.45) is 1.04. The summed E-state index contributed by atoms with van der Waals surface area (Å²) in [5.74, 6) is -1.27. The van der Waals surface area contributed by atoms with E-state index in [1.807, 2.05) is 121 Å². The first kappa shape index (κ1) is 22.7. The second-order valence-electron chi connectivity index (χ2n) is 7.61. The Balaban J connectivity index is 1.47. The topological polar surface area (TPSA) is 52.6 Å². The van der Waals surface area contributed by atoms with Crippen molar-refractivity contribution in [2.45, 2.75) is 12.2 Å². The summed E-state index contributed by atoms with van der Waals surface area (Å²) in [5, 5.41) is 0. The van der Waals surface area contributed by atoms with Gasteiger partial charge in [0, 0.05) is 12.2 Å². The Morgan fingerprint density at radius 1 is 0.441 bits per heavy atom. The molecular weight excluding hydrogens is 424 g/mol. The molecule has 0 aliphatic heterocycles. The van der Waals surface area contributed by atoms with Crippen LogP contribution in [0.25, 0.3) is 0 Å². The van der Waals surface area contributed by atoms with Crippen LogP contribution in [0, 0.1) is 0 Å². The summed E-state index contributed by atoms with van der Waals surface area (Å²) < 4.78 is 11.4. The molecular formula is C30H24O4. The van der Waals surface area contributed by atoms with Crippen molar-refractivity contribution in [2.24, 2.45) is 0 Å². The first-order valence-electron chi connectivity index (χ1n) is 11.0. The molecule has 0 saturated heterocycles. The van der Waals surface area contributed by atoms with Gasteiger partial charge < -0.3 is 9.47 Å². The number of carbonyl (C=O) groups excluding carboxylic acids is 2. The molecule has 0 fully saturated rings. The average Bonchev–Trinajstić information content (AvgIpc) is 2.91. The van der Waals surface area contributed by atoms with E-state index in [0.29, 0.717) is 0 Å². The van der Waals surface area contributed by atoms with Gasteiger partial charge in [0.15, 0.2) is 12.2 Å². The van der Waals surface area contributed by atoms with Gasteiger partial charge >= 0.3 is 11.9 Å². The fourth-order valence-corrected chi connectivity index (χ4v) is 3.62. The molecule has 0 unspecified atom stereocenters. The van der Waals surface area contributed by atoms with E-state index >= 15 is 0 Å². The second kappa shape index (κ2) is 11.4. The molecule has 4 aromatic carbocycles. The predicted octanol–water partition coefficient (Wildman–Crippen LogP) is 6.21. The fourth-order valence-electron chi connectivity index (χ4n) is 3.62. The maximum absolute atomic E-state index is 12.6. The highest BCUT2D eigenvalue weighted by Crippen LogP contribution is 2.27. The lowest BCUT2D eigenvalue weighted by Gasteiger charge is -2.18. The summed E-state index contributed by atoms with van der Waals surface area (Å²) in [6.45, 7) is 0. The lowest BCUT2D eigenvalue weighted by atomic mass is 10.0. The van der Waals surface area contributed by atoms with Crippen LogP contribution in [-0.4, -0.2) is 11.9 Å². The van der Waals surface area contributed by atoms with Gasteiger partial charge in [-0.2, -0.15) is 0 Å². The molecule has 4 rings (SSSR count). The maximum atomic E-state index is 12.6. The molecule has 4 heteroatoms.